The van der Waals surface area contributed by atoms with Crippen molar-refractivity contribution >= 4 is 39.8 Å². The Morgan fingerprint density at radius 2 is 1.75 bits per heavy atom. The fourth-order valence-electron chi connectivity index (χ4n) is 2.17. The monoisotopic (exact) mass is 269 g/mol. The number of carbonyl (C=O) groups excluding carboxylic acids is 2. The van der Waals surface area contributed by atoms with E-state index in [9.17, 15) is 9.59 Å². The molecule has 20 heavy (non-hydrogen) atoms. The summed E-state index contributed by atoms with van der Waals surface area (Å²) < 4.78 is 5.56. The third-order valence-corrected chi connectivity index (χ3v) is 3.38. The fourth-order valence-corrected chi connectivity index (χ4v) is 2.17. The molecule has 0 spiro atoms. The van der Waals surface area contributed by atoms with Gasteiger partial charge in [-0.05, 0) is 24.3 Å². The van der Waals surface area contributed by atoms with Gasteiger partial charge < -0.3 is 9.73 Å². The normalized spacial score (nSPS) is 12.2. The van der Waals surface area contributed by atoms with Crippen LogP contribution in [0.1, 0.15) is 31.1 Å². The lowest BCUT2D eigenvalue weighted by Gasteiger charge is -2.18. The van der Waals surface area contributed by atoms with Crippen LogP contribution in [0.5, 0.6) is 0 Å². The number of benzene rings is 2. The van der Waals surface area contributed by atoms with E-state index in [-0.39, 0.29) is 5.91 Å². The van der Waals surface area contributed by atoms with Crippen molar-refractivity contribution < 1.29 is 14.0 Å². The quantitative estimate of drug-likeness (QED) is 0.719. The summed E-state index contributed by atoms with van der Waals surface area (Å²) in [5.41, 5.74) is 1.98. The molecule has 4 nitrogen and oxygen atoms in total. The molecule has 1 N–H and O–H groups in total. The van der Waals surface area contributed by atoms with Gasteiger partial charge in [0.1, 0.15) is 11.2 Å². The Kier molecular flexibility index (Phi) is 2.57. The number of anilines is 1. The first-order valence-corrected chi connectivity index (χ1v) is 6.45. The molecule has 3 rings (SSSR count). The number of hydrogen-bond donors (Lipinski definition) is 1. The van der Waals surface area contributed by atoms with Crippen LogP contribution in [0.2, 0.25) is 0 Å². The highest BCUT2D eigenvalue weighted by molar-refractivity contribution is 6.12. The number of aldehydes is 1. The number of carbonyl (C=O) groups is 2. The third kappa shape index (κ3) is 1.84. The number of fused-ring (bicyclic) bond motifs is 5. The Labute approximate surface area is 116 Å². The lowest BCUT2D eigenvalue weighted by molar-refractivity contribution is -0.123. The molecule has 0 atom stereocenters. The summed E-state index contributed by atoms with van der Waals surface area (Å²) in [6.07, 6.45) is 0.749. The zero-order valence-electron chi connectivity index (χ0n) is 11.6. The minimum absolute atomic E-state index is 0.127. The summed E-state index contributed by atoms with van der Waals surface area (Å²) in [6.45, 7) is 5.48. The van der Waals surface area contributed by atoms with Crippen LogP contribution in [0, 0.1) is 5.41 Å². The van der Waals surface area contributed by atoms with E-state index in [0.717, 1.165) is 28.2 Å². The standard InChI is InChI=1S/C16H15NO3/c1-16(2,3)15(19)17-12-7-11-10(6-9(12)8-18)13-4-5-14(11)20-13/h4-8H,1-3H3,(H,17,19). The molecule has 2 heterocycles. The van der Waals surface area contributed by atoms with E-state index in [1.165, 1.54) is 0 Å². The van der Waals surface area contributed by atoms with E-state index in [4.69, 9.17) is 4.42 Å². The van der Waals surface area contributed by atoms with Gasteiger partial charge in [0.05, 0.1) is 5.69 Å². The van der Waals surface area contributed by atoms with Crippen molar-refractivity contribution in [3.8, 4) is 0 Å². The van der Waals surface area contributed by atoms with Crippen molar-refractivity contribution in [1.82, 2.24) is 0 Å². The molecular formula is C16H15NO3. The highest BCUT2D eigenvalue weighted by atomic mass is 16.3. The number of furan rings is 2. The summed E-state index contributed by atoms with van der Waals surface area (Å²) in [5, 5.41) is 4.63. The second-order valence-electron chi connectivity index (χ2n) is 5.97. The van der Waals surface area contributed by atoms with E-state index in [1.807, 2.05) is 32.9 Å². The Balaban J connectivity index is 2.12. The van der Waals surface area contributed by atoms with E-state index >= 15 is 0 Å². The van der Waals surface area contributed by atoms with Gasteiger partial charge in [-0.15, -0.1) is 0 Å². The van der Waals surface area contributed by atoms with E-state index < -0.39 is 5.41 Å². The van der Waals surface area contributed by atoms with Crippen molar-refractivity contribution in [3.05, 3.63) is 29.8 Å². The summed E-state index contributed by atoms with van der Waals surface area (Å²) in [4.78, 5) is 23.3. The molecule has 0 saturated heterocycles. The summed E-state index contributed by atoms with van der Waals surface area (Å²) in [6, 6.07) is 7.31. The average Bonchev–Trinajstić information content (AvgIpc) is 2.98. The van der Waals surface area contributed by atoms with Crippen LogP contribution in [-0.2, 0) is 4.79 Å². The van der Waals surface area contributed by atoms with Crippen molar-refractivity contribution in [2.45, 2.75) is 20.8 Å². The van der Waals surface area contributed by atoms with Crippen LogP contribution >= 0.6 is 0 Å². The molecule has 2 bridgehead atoms. The molecule has 0 aliphatic rings. The fraction of sp³-hybridized carbons (Fsp3) is 0.250. The Morgan fingerprint density at radius 3 is 2.30 bits per heavy atom. The Hall–Kier alpha value is -2.36. The third-order valence-electron chi connectivity index (χ3n) is 3.38. The molecule has 0 aliphatic carbocycles. The van der Waals surface area contributed by atoms with Gasteiger partial charge in [-0.2, -0.15) is 0 Å². The van der Waals surface area contributed by atoms with Crippen LogP contribution in [0.4, 0.5) is 5.69 Å². The second kappa shape index (κ2) is 4.07. The second-order valence-corrected chi connectivity index (χ2v) is 5.97. The van der Waals surface area contributed by atoms with Gasteiger partial charge in [0.15, 0.2) is 6.29 Å². The first-order chi connectivity index (χ1) is 9.40. The molecular weight excluding hydrogens is 254 g/mol. The molecule has 0 saturated carbocycles. The molecule has 1 amide bonds. The lowest BCUT2D eigenvalue weighted by atomic mass is 9.95. The molecule has 4 heteroatoms. The number of nitrogens with one attached hydrogen (secondary N) is 1. The number of amides is 1. The van der Waals surface area contributed by atoms with E-state index in [1.54, 1.807) is 12.1 Å². The maximum atomic E-state index is 12.1. The van der Waals surface area contributed by atoms with Crippen molar-refractivity contribution in [2.24, 2.45) is 5.41 Å². The van der Waals surface area contributed by atoms with Gasteiger partial charge in [-0.1, -0.05) is 20.8 Å². The van der Waals surface area contributed by atoms with Crippen LogP contribution < -0.4 is 5.32 Å². The van der Waals surface area contributed by atoms with Gasteiger partial charge in [-0.3, -0.25) is 9.59 Å². The molecule has 3 aromatic rings. The summed E-state index contributed by atoms with van der Waals surface area (Å²) in [7, 11) is 0. The highest BCUT2D eigenvalue weighted by Gasteiger charge is 2.23. The zero-order valence-corrected chi connectivity index (χ0v) is 11.6. The van der Waals surface area contributed by atoms with Crippen LogP contribution in [0.3, 0.4) is 0 Å². The predicted molar refractivity (Wildman–Crippen MR) is 78.4 cm³/mol. The number of hydrogen-bond acceptors (Lipinski definition) is 3. The van der Waals surface area contributed by atoms with E-state index in [2.05, 4.69) is 5.32 Å². The molecule has 1 aromatic carbocycles. The summed E-state index contributed by atoms with van der Waals surface area (Å²) in [5.74, 6) is -0.127. The molecule has 0 fully saturated rings. The van der Waals surface area contributed by atoms with Gasteiger partial charge in [-0.25, -0.2) is 0 Å². The van der Waals surface area contributed by atoms with Crippen LogP contribution in [-0.4, -0.2) is 12.2 Å². The molecule has 0 radical (unpaired) electrons. The average molecular weight is 269 g/mol. The topological polar surface area (TPSA) is 59.3 Å². The van der Waals surface area contributed by atoms with Crippen LogP contribution in [0.25, 0.3) is 21.9 Å². The Morgan fingerprint density at radius 1 is 1.15 bits per heavy atom. The van der Waals surface area contributed by atoms with Gasteiger partial charge in [0.25, 0.3) is 0 Å². The maximum Gasteiger partial charge on any atom is 0.229 e. The minimum Gasteiger partial charge on any atom is -0.456 e. The van der Waals surface area contributed by atoms with E-state index in [0.29, 0.717) is 11.3 Å². The van der Waals surface area contributed by atoms with Gasteiger partial charge in [0, 0.05) is 21.8 Å². The molecule has 102 valence electrons. The predicted octanol–water partition coefficient (Wildman–Crippen LogP) is 3.82. The van der Waals surface area contributed by atoms with Gasteiger partial charge in [0.2, 0.25) is 5.91 Å². The van der Waals surface area contributed by atoms with Crippen molar-refractivity contribution in [1.29, 1.82) is 0 Å². The highest BCUT2D eigenvalue weighted by Crippen LogP contribution is 2.35. The molecule has 0 unspecified atom stereocenters. The van der Waals surface area contributed by atoms with Gasteiger partial charge >= 0.3 is 0 Å². The first kappa shape index (κ1) is 12.7. The lowest BCUT2D eigenvalue weighted by Crippen LogP contribution is -2.28. The number of rotatable bonds is 2. The largest absolute Gasteiger partial charge is 0.456 e. The van der Waals surface area contributed by atoms with Crippen molar-refractivity contribution in [3.63, 3.8) is 0 Å². The molecule has 2 aromatic heterocycles. The SMILES string of the molecule is CC(C)(C)C(=O)Nc1cc2c3ccc(o3)c2cc1C=O. The maximum absolute atomic E-state index is 12.1. The Bertz CT molecular complexity index is 808. The van der Waals surface area contributed by atoms with Crippen LogP contribution in [0.15, 0.2) is 28.7 Å². The minimum atomic E-state index is -0.517. The first-order valence-electron chi connectivity index (χ1n) is 6.45. The molecule has 0 aliphatic heterocycles. The smallest absolute Gasteiger partial charge is 0.229 e. The van der Waals surface area contributed by atoms with Crippen molar-refractivity contribution in [2.75, 3.05) is 5.32 Å². The summed E-state index contributed by atoms with van der Waals surface area (Å²) >= 11 is 0. The zero-order chi connectivity index (χ0) is 14.5.